The van der Waals surface area contributed by atoms with E-state index >= 15 is 0 Å². The number of rotatable bonds is 5. The Labute approximate surface area is 144 Å². The van der Waals surface area contributed by atoms with Crippen molar-refractivity contribution in [3.05, 3.63) is 52.6 Å². The average molecular weight is 333 g/mol. The van der Waals surface area contributed by atoms with Gasteiger partial charge in [-0.25, -0.2) is 0 Å². The Bertz CT molecular complexity index is 566. The lowest BCUT2D eigenvalue weighted by Crippen LogP contribution is -2.44. The van der Waals surface area contributed by atoms with Crippen molar-refractivity contribution in [2.45, 2.75) is 32.7 Å². The molecule has 4 heteroatoms. The molecule has 1 aliphatic heterocycles. The van der Waals surface area contributed by atoms with Gasteiger partial charge in [0.2, 0.25) is 5.91 Å². The molecular weight excluding hydrogens is 308 g/mol. The highest BCUT2D eigenvalue weighted by Crippen LogP contribution is 2.12. The number of piperidine rings is 1. The summed E-state index contributed by atoms with van der Waals surface area (Å²) in [5, 5.41) is 3.79. The molecule has 1 fully saturated rings. The zero-order chi connectivity index (χ0) is 16.7. The molecule has 3 nitrogen and oxygen atoms in total. The summed E-state index contributed by atoms with van der Waals surface area (Å²) >= 11 is 5.84. The monoisotopic (exact) mass is 332 g/mol. The standard InChI is InChI=1S/C19H25ClN2O/c1-15(2)9-12-22-13-10-18(11-14-22)21-19(23)8-5-16-3-6-17(20)7-4-16/h3-9,18H,10-14H2,1-2H3,(H,21,23)/b8-5+. The smallest absolute Gasteiger partial charge is 0.244 e. The maximum absolute atomic E-state index is 12.0. The fourth-order valence-corrected chi connectivity index (χ4v) is 2.69. The van der Waals surface area contributed by atoms with Gasteiger partial charge in [-0.2, -0.15) is 0 Å². The fourth-order valence-electron chi connectivity index (χ4n) is 2.57. The molecule has 0 bridgehead atoms. The van der Waals surface area contributed by atoms with Crippen LogP contribution in [-0.4, -0.2) is 36.5 Å². The minimum Gasteiger partial charge on any atom is -0.350 e. The van der Waals surface area contributed by atoms with Gasteiger partial charge in [-0.05, 0) is 50.5 Å². The Morgan fingerprint density at radius 3 is 2.52 bits per heavy atom. The average Bonchev–Trinajstić information content (AvgIpc) is 2.53. The van der Waals surface area contributed by atoms with Crippen molar-refractivity contribution in [2.24, 2.45) is 0 Å². The number of benzene rings is 1. The lowest BCUT2D eigenvalue weighted by molar-refractivity contribution is -0.117. The van der Waals surface area contributed by atoms with Crippen molar-refractivity contribution in [3.8, 4) is 0 Å². The van der Waals surface area contributed by atoms with Crippen LogP contribution < -0.4 is 5.32 Å². The highest BCUT2D eigenvalue weighted by atomic mass is 35.5. The van der Waals surface area contributed by atoms with E-state index in [1.807, 2.05) is 30.3 Å². The summed E-state index contributed by atoms with van der Waals surface area (Å²) < 4.78 is 0. The van der Waals surface area contributed by atoms with Crippen LogP contribution in [0.5, 0.6) is 0 Å². The van der Waals surface area contributed by atoms with Gasteiger partial charge >= 0.3 is 0 Å². The molecule has 0 atom stereocenters. The van der Waals surface area contributed by atoms with Gasteiger partial charge in [0.15, 0.2) is 0 Å². The van der Waals surface area contributed by atoms with Crippen LogP contribution in [0.4, 0.5) is 0 Å². The molecule has 0 radical (unpaired) electrons. The van der Waals surface area contributed by atoms with Crippen LogP contribution in [0.15, 0.2) is 42.0 Å². The van der Waals surface area contributed by atoms with Crippen molar-refractivity contribution in [1.82, 2.24) is 10.2 Å². The summed E-state index contributed by atoms with van der Waals surface area (Å²) in [7, 11) is 0. The van der Waals surface area contributed by atoms with Gasteiger partial charge in [-0.1, -0.05) is 35.4 Å². The van der Waals surface area contributed by atoms with Crippen LogP contribution >= 0.6 is 11.6 Å². The first-order chi connectivity index (χ1) is 11.0. The molecule has 1 N–H and O–H groups in total. The minimum atomic E-state index is -0.0253. The molecule has 0 aromatic heterocycles. The summed E-state index contributed by atoms with van der Waals surface area (Å²) in [4.78, 5) is 14.4. The quantitative estimate of drug-likeness (QED) is 0.655. The Kier molecular flexibility index (Phi) is 6.87. The third kappa shape index (κ3) is 6.59. The molecule has 0 unspecified atom stereocenters. The number of amides is 1. The third-order valence-corrected chi connectivity index (χ3v) is 4.24. The topological polar surface area (TPSA) is 32.3 Å². The molecule has 1 aromatic rings. The van der Waals surface area contributed by atoms with Crippen LogP contribution in [0.1, 0.15) is 32.3 Å². The molecule has 0 aliphatic carbocycles. The molecule has 0 spiro atoms. The molecule has 1 heterocycles. The van der Waals surface area contributed by atoms with Gasteiger partial charge in [0.1, 0.15) is 0 Å². The predicted octanol–water partition coefficient (Wildman–Crippen LogP) is 3.90. The summed E-state index contributed by atoms with van der Waals surface area (Å²) in [5.41, 5.74) is 2.33. The molecule has 23 heavy (non-hydrogen) atoms. The van der Waals surface area contributed by atoms with Crippen LogP contribution in [0.25, 0.3) is 6.08 Å². The fraction of sp³-hybridized carbons (Fsp3) is 0.421. The second-order valence-electron chi connectivity index (χ2n) is 6.25. The number of carbonyl (C=O) groups excluding carboxylic acids is 1. The van der Waals surface area contributed by atoms with Crippen molar-refractivity contribution in [3.63, 3.8) is 0 Å². The highest BCUT2D eigenvalue weighted by molar-refractivity contribution is 6.30. The molecule has 0 saturated carbocycles. The second-order valence-corrected chi connectivity index (χ2v) is 6.69. The number of nitrogens with one attached hydrogen (secondary N) is 1. The van der Waals surface area contributed by atoms with Crippen LogP contribution in [-0.2, 0) is 4.79 Å². The highest BCUT2D eigenvalue weighted by Gasteiger charge is 2.19. The van der Waals surface area contributed by atoms with Gasteiger partial charge in [0.25, 0.3) is 0 Å². The summed E-state index contributed by atoms with van der Waals surface area (Å²) in [6, 6.07) is 7.71. The van der Waals surface area contributed by atoms with Crippen molar-refractivity contribution in [1.29, 1.82) is 0 Å². The van der Waals surface area contributed by atoms with E-state index in [9.17, 15) is 4.79 Å². The van der Waals surface area contributed by atoms with E-state index in [1.165, 1.54) is 5.57 Å². The number of hydrogen-bond donors (Lipinski definition) is 1. The van der Waals surface area contributed by atoms with E-state index in [1.54, 1.807) is 6.08 Å². The van der Waals surface area contributed by atoms with Crippen LogP contribution in [0.2, 0.25) is 5.02 Å². The predicted molar refractivity (Wildman–Crippen MR) is 97.5 cm³/mol. The van der Waals surface area contributed by atoms with Gasteiger partial charge in [0, 0.05) is 36.8 Å². The van der Waals surface area contributed by atoms with E-state index in [0.717, 1.165) is 38.0 Å². The maximum atomic E-state index is 12.0. The summed E-state index contributed by atoms with van der Waals surface area (Å²) in [5.74, 6) is -0.0253. The number of hydrogen-bond acceptors (Lipinski definition) is 2. The molecular formula is C19H25ClN2O. The molecule has 124 valence electrons. The van der Waals surface area contributed by atoms with Gasteiger partial charge < -0.3 is 5.32 Å². The maximum Gasteiger partial charge on any atom is 0.244 e. The first kappa shape index (κ1) is 17.8. The molecule has 1 saturated heterocycles. The largest absolute Gasteiger partial charge is 0.350 e. The number of nitrogens with zero attached hydrogens (tertiary/aromatic N) is 1. The zero-order valence-electron chi connectivity index (χ0n) is 13.9. The Hall–Kier alpha value is -1.58. The van der Waals surface area contributed by atoms with E-state index in [2.05, 4.69) is 30.1 Å². The Morgan fingerprint density at radius 1 is 1.26 bits per heavy atom. The zero-order valence-corrected chi connectivity index (χ0v) is 14.6. The van der Waals surface area contributed by atoms with E-state index in [-0.39, 0.29) is 11.9 Å². The van der Waals surface area contributed by atoms with Gasteiger partial charge in [-0.3, -0.25) is 9.69 Å². The summed E-state index contributed by atoms with van der Waals surface area (Å²) in [6.07, 6.45) is 7.69. The Morgan fingerprint density at radius 2 is 1.91 bits per heavy atom. The van der Waals surface area contributed by atoms with Crippen molar-refractivity contribution >= 4 is 23.6 Å². The number of halogens is 1. The van der Waals surface area contributed by atoms with Crippen LogP contribution in [0.3, 0.4) is 0 Å². The Balaban J connectivity index is 1.74. The minimum absolute atomic E-state index is 0.0253. The van der Waals surface area contributed by atoms with Gasteiger partial charge in [0.05, 0.1) is 0 Å². The van der Waals surface area contributed by atoms with Crippen molar-refractivity contribution < 1.29 is 4.79 Å². The molecule has 2 rings (SSSR count). The molecule has 1 aliphatic rings. The second kappa shape index (κ2) is 8.90. The SMILES string of the molecule is CC(C)=CCN1CCC(NC(=O)/C=C/c2ccc(Cl)cc2)CC1. The molecule has 1 amide bonds. The summed E-state index contributed by atoms with van der Waals surface area (Å²) in [6.45, 7) is 7.34. The molecule has 1 aromatic carbocycles. The normalized spacial score (nSPS) is 16.5. The van der Waals surface area contributed by atoms with Crippen molar-refractivity contribution in [2.75, 3.05) is 19.6 Å². The third-order valence-electron chi connectivity index (χ3n) is 3.99. The first-order valence-electron chi connectivity index (χ1n) is 8.13. The number of carbonyl (C=O) groups is 1. The number of likely N-dealkylation sites (tertiary alicyclic amines) is 1. The lowest BCUT2D eigenvalue weighted by atomic mass is 10.0. The van der Waals surface area contributed by atoms with E-state index in [4.69, 9.17) is 11.6 Å². The van der Waals surface area contributed by atoms with E-state index < -0.39 is 0 Å². The number of allylic oxidation sites excluding steroid dienone is 1. The van der Waals surface area contributed by atoms with Gasteiger partial charge in [-0.15, -0.1) is 0 Å². The van der Waals surface area contributed by atoms with E-state index in [0.29, 0.717) is 5.02 Å². The van der Waals surface area contributed by atoms with Crippen LogP contribution in [0, 0.1) is 0 Å². The lowest BCUT2D eigenvalue weighted by Gasteiger charge is -2.31. The first-order valence-corrected chi connectivity index (χ1v) is 8.50.